The van der Waals surface area contributed by atoms with Crippen LogP contribution in [0.5, 0.6) is 0 Å². The maximum absolute atomic E-state index is 12.6. The van der Waals surface area contributed by atoms with E-state index in [1.165, 1.54) is 18.4 Å². The summed E-state index contributed by atoms with van der Waals surface area (Å²) < 4.78 is 34.9. The zero-order valence-corrected chi connectivity index (χ0v) is 9.30. The highest BCUT2D eigenvalue weighted by molar-refractivity contribution is 7.90. The van der Waals surface area contributed by atoms with Gasteiger partial charge in [-0.2, -0.15) is 0 Å². The molecule has 84 valence electrons. The summed E-state index contributed by atoms with van der Waals surface area (Å²) >= 11 is 0. The molecule has 15 heavy (non-hydrogen) atoms. The smallest absolute Gasteiger partial charge is 0.148 e. The first kappa shape index (κ1) is 12.1. The largest absolute Gasteiger partial charge is 0.330 e. The number of sulfone groups is 1. The molecule has 1 atom stereocenters. The topological polar surface area (TPSA) is 60.2 Å². The van der Waals surface area contributed by atoms with Gasteiger partial charge >= 0.3 is 0 Å². The zero-order chi connectivity index (χ0) is 11.5. The predicted molar refractivity (Wildman–Crippen MR) is 57.9 cm³/mol. The lowest BCUT2D eigenvalue weighted by atomic mass is 10.0. The molecule has 1 aromatic rings. The fourth-order valence-electron chi connectivity index (χ4n) is 1.40. The second-order valence-corrected chi connectivity index (χ2v) is 5.76. The number of hydrogen-bond donors (Lipinski definition) is 1. The van der Waals surface area contributed by atoms with E-state index in [4.69, 9.17) is 5.73 Å². The molecule has 0 saturated heterocycles. The lowest BCUT2D eigenvalue weighted by Gasteiger charge is -2.13. The van der Waals surface area contributed by atoms with Crippen molar-refractivity contribution in [2.75, 3.05) is 18.6 Å². The van der Waals surface area contributed by atoms with Crippen molar-refractivity contribution in [1.29, 1.82) is 0 Å². The van der Waals surface area contributed by atoms with Crippen LogP contribution >= 0.6 is 0 Å². The zero-order valence-electron chi connectivity index (χ0n) is 8.48. The van der Waals surface area contributed by atoms with Crippen molar-refractivity contribution in [2.24, 2.45) is 5.73 Å². The Hall–Kier alpha value is -0.940. The molecule has 0 fully saturated rings. The van der Waals surface area contributed by atoms with Crippen LogP contribution in [0.3, 0.4) is 0 Å². The third-order valence-electron chi connectivity index (χ3n) is 2.13. The first-order valence-corrected chi connectivity index (χ1v) is 6.61. The van der Waals surface area contributed by atoms with Crippen molar-refractivity contribution < 1.29 is 12.8 Å². The summed E-state index contributed by atoms with van der Waals surface area (Å²) in [5.74, 6) is -0.607. The minimum absolute atomic E-state index is 0.00483. The van der Waals surface area contributed by atoms with Gasteiger partial charge in [0.15, 0.2) is 0 Å². The van der Waals surface area contributed by atoms with Gasteiger partial charge in [0, 0.05) is 18.7 Å². The molecule has 2 N–H and O–H groups in total. The minimum Gasteiger partial charge on any atom is -0.330 e. The Balaban J connectivity index is 2.88. The second-order valence-electron chi connectivity index (χ2n) is 3.58. The molecule has 0 aliphatic rings. The number of halogens is 1. The van der Waals surface area contributed by atoms with E-state index in [-0.39, 0.29) is 24.0 Å². The molecule has 1 rings (SSSR count). The average molecular weight is 231 g/mol. The Morgan fingerprint density at radius 2 is 1.87 bits per heavy atom. The molecule has 0 bridgehead atoms. The third kappa shape index (κ3) is 3.97. The fraction of sp³-hybridized carbons (Fsp3) is 0.400. The van der Waals surface area contributed by atoms with Crippen molar-refractivity contribution in [3.8, 4) is 0 Å². The lowest BCUT2D eigenvalue weighted by molar-refractivity contribution is 0.593. The Morgan fingerprint density at radius 1 is 1.33 bits per heavy atom. The van der Waals surface area contributed by atoms with Crippen LogP contribution in [0, 0.1) is 5.82 Å². The van der Waals surface area contributed by atoms with Crippen LogP contribution in [-0.2, 0) is 9.84 Å². The Bertz CT molecular complexity index is 414. The summed E-state index contributed by atoms with van der Waals surface area (Å²) in [6.07, 6.45) is 1.17. The van der Waals surface area contributed by atoms with Crippen LogP contribution in [0.4, 0.5) is 4.39 Å². The van der Waals surface area contributed by atoms with E-state index >= 15 is 0 Å². The average Bonchev–Trinajstić information content (AvgIpc) is 2.14. The van der Waals surface area contributed by atoms with E-state index in [0.29, 0.717) is 0 Å². The highest BCUT2D eigenvalue weighted by Crippen LogP contribution is 2.16. The molecular formula is C10H14FNO2S. The Kier molecular flexibility index (Phi) is 3.82. The van der Waals surface area contributed by atoms with Gasteiger partial charge in [-0.05, 0) is 17.7 Å². The molecule has 0 spiro atoms. The van der Waals surface area contributed by atoms with E-state index in [9.17, 15) is 12.8 Å². The molecule has 1 unspecified atom stereocenters. The van der Waals surface area contributed by atoms with Gasteiger partial charge in [-0.1, -0.05) is 12.1 Å². The minimum atomic E-state index is -3.07. The third-order valence-corrected chi connectivity index (χ3v) is 3.14. The normalized spacial score (nSPS) is 13.8. The van der Waals surface area contributed by atoms with Gasteiger partial charge in [0.1, 0.15) is 15.7 Å². The Morgan fingerprint density at radius 3 is 2.27 bits per heavy atom. The van der Waals surface area contributed by atoms with E-state index in [1.807, 2.05) is 0 Å². The molecule has 3 nitrogen and oxygen atoms in total. The van der Waals surface area contributed by atoms with Crippen LogP contribution in [0.1, 0.15) is 11.5 Å². The number of hydrogen-bond acceptors (Lipinski definition) is 3. The molecule has 0 aromatic heterocycles. The predicted octanol–water partition coefficient (Wildman–Crippen LogP) is 0.913. The van der Waals surface area contributed by atoms with Gasteiger partial charge in [-0.15, -0.1) is 0 Å². The SMILES string of the molecule is CS(=O)(=O)CC(CN)c1ccc(F)cc1. The van der Waals surface area contributed by atoms with Crippen molar-refractivity contribution in [3.63, 3.8) is 0 Å². The van der Waals surface area contributed by atoms with Crippen LogP contribution < -0.4 is 5.73 Å². The number of benzene rings is 1. The Labute approximate surface area is 89.0 Å². The van der Waals surface area contributed by atoms with Gasteiger partial charge in [-0.3, -0.25) is 0 Å². The van der Waals surface area contributed by atoms with Gasteiger partial charge < -0.3 is 5.73 Å². The van der Waals surface area contributed by atoms with Gasteiger partial charge in [-0.25, -0.2) is 12.8 Å². The van der Waals surface area contributed by atoms with E-state index in [0.717, 1.165) is 5.56 Å². The molecule has 5 heteroatoms. The molecular weight excluding hydrogens is 217 g/mol. The van der Waals surface area contributed by atoms with Crippen molar-refractivity contribution in [3.05, 3.63) is 35.6 Å². The molecule has 1 aromatic carbocycles. The lowest BCUT2D eigenvalue weighted by Crippen LogP contribution is -2.21. The van der Waals surface area contributed by atoms with Crippen LogP contribution in [-0.4, -0.2) is 27.0 Å². The molecule has 0 heterocycles. The first-order valence-electron chi connectivity index (χ1n) is 4.55. The quantitative estimate of drug-likeness (QED) is 0.838. The highest BCUT2D eigenvalue weighted by atomic mass is 32.2. The summed E-state index contributed by atoms with van der Waals surface area (Å²) in [5.41, 5.74) is 6.25. The van der Waals surface area contributed by atoms with Crippen molar-refractivity contribution in [1.82, 2.24) is 0 Å². The highest BCUT2D eigenvalue weighted by Gasteiger charge is 2.15. The van der Waals surface area contributed by atoms with Crippen molar-refractivity contribution >= 4 is 9.84 Å². The molecule has 0 amide bonds. The summed E-state index contributed by atoms with van der Waals surface area (Å²) in [5, 5.41) is 0. The number of rotatable bonds is 4. The van der Waals surface area contributed by atoms with E-state index in [2.05, 4.69) is 0 Å². The van der Waals surface area contributed by atoms with E-state index in [1.54, 1.807) is 12.1 Å². The first-order chi connectivity index (χ1) is 6.92. The molecule has 0 radical (unpaired) electrons. The van der Waals surface area contributed by atoms with Crippen LogP contribution in [0.2, 0.25) is 0 Å². The fourth-order valence-corrected chi connectivity index (χ4v) is 2.46. The monoisotopic (exact) mass is 231 g/mol. The van der Waals surface area contributed by atoms with Crippen LogP contribution in [0.15, 0.2) is 24.3 Å². The standard InChI is InChI=1S/C10H14FNO2S/c1-15(13,14)7-9(6-12)8-2-4-10(11)5-3-8/h2-5,9H,6-7,12H2,1H3. The summed E-state index contributed by atoms with van der Waals surface area (Å²) in [6.45, 7) is 0.235. The summed E-state index contributed by atoms with van der Waals surface area (Å²) in [4.78, 5) is 0. The molecule has 0 aliphatic carbocycles. The number of nitrogens with two attached hydrogens (primary N) is 1. The van der Waals surface area contributed by atoms with Crippen molar-refractivity contribution in [2.45, 2.75) is 5.92 Å². The van der Waals surface area contributed by atoms with E-state index < -0.39 is 9.84 Å². The van der Waals surface area contributed by atoms with Crippen LogP contribution in [0.25, 0.3) is 0 Å². The summed E-state index contributed by atoms with van der Waals surface area (Å²) in [6, 6.07) is 5.75. The maximum atomic E-state index is 12.6. The van der Waals surface area contributed by atoms with Gasteiger partial charge in [0.2, 0.25) is 0 Å². The van der Waals surface area contributed by atoms with Gasteiger partial charge in [0.25, 0.3) is 0 Å². The summed E-state index contributed by atoms with van der Waals surface area (Å²) in [7, 11) is -3.07. The van der Waals surface area contributed by atoms with Gasteiger partial charge in [0.05, 0.1) is 5.75 Å². The molecule has 0 saturated carbocycles. The molecule has 0 aliphatic heterocycles. The maximum Gasteiger partial charge on any atom is 0.148 e. The second kappa shape index (κ2) is 4.72.